The van der Waals surface area contributed by atoms with Gasteiger partial charge in [0.1, 0.15) is 23.1 Å². The van der Waals surface area contributed by atoms with Crippen molar-refractivity contribution in [2.75, 3.05) is 5.73 Å². The van der Waals surface area contributed by atoms with Gasteiger partial charge in [-0.3, -0.25) is 0 Å². The summed E-state index contributed by atoms with van der Waals surface area (Å²) >= 11 is 0. The highest BCUT2D eigenvalue weighted by Crippen LogP contribution is 2.32. The van der Waals surface area contributed by atoms with Gasteiger partial charge in [0.05, 0.1) is 0 Å². The predicted molar refractivity (Wildman–Crippen MR) is 69.6 cm³/mol. The molecule has 0 bridgehead atoms. The van der Waals surface area contributed by atoms with Crippen molar-refractivity contribution in [1.29, 1.82) is 5.26 Å². The van der Waals surface area contributed by atoms with E-state index in [0.29, 0.717) is 11.3 Å². The summed E-state index contributed by atoms with van der Waals surface area (Å²) in [4.78, 5) is 3.37. The minimum Gasteiger partial charge on any atom is -0.437 e. The molecule has 2 aromatic rings. The number of ether oxygens (including phenoxy) is 1. The number of rotatable bonds is 2. The minimum atomic E-state index is -4.61. The van der Waals surface area contributed by atoms with Crippen LogP contribution in [0.2, 0.25) is 0 Å². The summed E-state index contributed by atoms with van der Waals surface area (Å²) in [6.07, 6.45) is -4.61. The van der Waals surface area contributed by atoms with Crippen molar-refractivity contribution in [3.05, 3.63) is 47.2 Å². The molecule has 0 aliphatic heterocycles. The molecule has 108 valence electrons. The molecule has 1 aromatic carbocycles. The third kappa shape index (κ3) is 3.23. The Morgan fingerprint density at radius 2 is 1.95 bits per heavy atom. The van der Waals surface area contributed by atoms with Crippen molar-refractivity contribution in [2.45, 2.75) is 13.1 Å². The molecule has 0 aliphatic carbocycles. The maximum Gasteiger partial charge on any atom is 0.433 e. The fraction of sp³-hybridized carbons (Fsp3) is 0.143. The van der Waals surface area contributed by atoms with Crippen LogP contribution < -0.4 is 10.5 Å². The summed E-state index contributed by atoms with van der Waals surface area (Å²) in [5, 5.41) is 8.93. The Bertz CT molecular complexity index is 720. The molecule has 0 amide bonds. The van der Waals surface area contributed by atoms with Crippen molar-refractivity contribution in [1.82, 2.24) is 4.98 Å². The summed E-state index contributed by atoms with van der Waals surface area (Å²) in [7, 11) is 0. The first-order valence-electron chi connectivity index (χ1n) is 5.83. The highest BCUT2D eigenvalue weighted by atomic mass is 19.4. The Morgan fingerprint density at radius 3 is 2.52 bits per heavy atom. The molecule has 0 atom stereocenters. The molecule has 4 nitrogen and oxygen atoms in total. The van der Waals surface area contributed by atoms with Gasteiger partial charge in [-0.1, -0.05) is 0 Å². The third-order valence-electron chi connectivity index (χ3n) is 2.68. The Kier molecular flexibility index (Phi) is 3.72. The van der Waals surface area contributed by atoms with Crippen LogP contribution in [-0.2, 0) is 6.18 Å². The van der Waals surface area contributed by atoms with Gasteiger partial charge in [0.25, 0.3) is 0 Å². The number of alkyl halides is 3. The lowest BCUT2D eigenvalue weighted by molar-refractivity contribution is -0.141. The van der Waals surface area contributed by atoms with Gasteiger partial charge in [-0.05, 0) is 42.8 Å². The molecular weight excluding hydrogens is 283 g/mol. The second-order valence-electron chi connectivity index (χ2n) is 4.29. The number of anilines is 1. The molecule has 0 unspecified atom stereocenters. The van der Waals surface area contributed by atoms with Crippen LogP contribution in [0.1, 0.15) is 16.8 Å². The average Bonchev–Trinajstić information content (AvgIpc) is 2.41. The summed E-state index contributed by atoms with van der Waals surface area (Å²) in [5.41, 5.74) is 5.50. The zero-order valence-electron chi connectivity index (χ0n) is 10.9. The number of nitrogen functional groups attached to an aromatic ring is 1. The van der Waals surface area contributed by atoms with Crippen molar-refractivity contribution < 1.29 is 17.9 Å². The van der Waals surface area contributed by atoms with E-state index in [4.69, 9.17) is 15.7 Å². The highest BCUT2D eigenvalue weighted by Gasteiger charge is 2.33. The monoisotopic (exact) mass is 293 g/mol. The second kappa shape index (κ2) is 5.32. The maximum atomic E-state index is 12.7. The molecule has 1 aromatic heterocycles. The minimum absolute atomic E-state index is 0.0841. The number of halogens is 3. The van der Waals surface area contributed by atoms with Gasteiger partial charge in [0, 0.05) is 5.69 Å². The number of pyridine rings is 1. The lowest BCUT2D eigenvalue weighted by Gasteiger charge is -2.12. The van der Waals surface area contributed by atoms with Crippen LogP contribution in [0.5, 0.6) is 11.6 Å². The largest absolute Gasteiger partial charge is 0.437 e. The van der Waals surface area contributed by atoms with Crippen molar-refractivity contribution >= 4 is 5.69 Å². The summed E-state index contributed by atoms with van der Waals surface area (Å²) in [6.45, 7) is 1.69. The summed E-state index contributed by atoms with van der Waals surface area (Å²) in [5.74, 6) is -0.104. The Balaban J connectivity index is 2.45. The molecule has 0 saturated heterocycles. The lowest BCUT2D eigenvalue weighted by atomic mass is 10.2. The molecule has 0 aliphatic rings. The number of nitrogens with two attached hydrogens (primary N) is 1. The van der Waals surface area contributed by atoms with Gasteiger partial charge in [-0.25, -0.2) is 4.98 Å². The van der Waals surface area contributed by atoms with Crippen LogP contribution in [0.3, 0.4) is 0 Å². The van der Waals surface area contributed by atoms with E-state index in [0.717, 1.165) is 12.1 Å². The normalized spacial score (nSPS) is 11.0. The highest BCUT2D eigenvalue weighted by molar-refractivity contribution is 5.49. The second-order valence-corrected chi connectivity index (χ2v) is 4.29. The fourth-order valence-corrected chi connectivity index (χ4v) is 1.65. The summed E-state index contributed by atoms with van der Waals surface area (Å²) in [6, 6.07) is 8.17. The van der Waals surface area contributed by atoms with E-state index < -0.39 is 11.9 Å². The number of nitriles is 1. The molecule has 0 radical (unpaired) electrons. The Labute approximate surface area is 118 Å². The van der Waals surface area contributed by atoms with E-state index in [1.807, 2.05) is 0 Å². The van der Waals surface area contributed by atoms with E-state index in [1.165, 1.54) is 6.07 Å². The first-order chi connectivity index (χ1) is 9.81. The standard InChI is InChI=1S/C14H10F3N3O/c1-8-6-10(19)3-4-11(8)21-13-9(7-18)2-5-12(20-13)14(15,16)17/h2-6H,19H2,1H3. The topological polar surface area (TPSA) is 71.9 Å². The van der Waals surface area contributed by atoms with Crippen LogP contribution in [0.15, 0.2) is 30.3 Å². The Hall–Kier alpha value is -2.75. The molecular formula is C14H10F3N3O. The zero-order valence-corrected chi connectivity index (χ0v) is 10.9. The molecule has 7 heteroatoms. The molecule has 1 heterocycles. The Morgan fingerprint density at radius 1 is 1.24 bits per heavy atom. The molecule has 2 rings (SSSR count). The number of aryl methyl sites for hydroxylation is 1. The zero-order chi connectivity index (χ0) is 15.6. The van der Waals surface area contributed by atoms with E-state index >= 15 is 0 Å². The number of benzene rings is 1. The average molecular weight is 293 g/mol. The predicted octanol–water partition coefficient (Wildman–Crippen LogP) is 3.66. The third-order valence-corrected chi connectivity index (χ3v) is 2.68. The van der Waals surface area contributed by atoms with Crippen molar-refractivity contribution in [3.8, 4) is 17.7 Å². The van der Waals surface area contributed by atoms with Gasteiger partial charge in [-0.15, -0.1) is 0 Å². The van der Waals surface area contributed by atoms with E-state index in [1.54, 1.807) is 25.1 Å². The van der Waals surface area contributed by atoms with Crippen LogP contribution in [0, 0.1) is 18.3 Å². The SMILES string of the molecule is Cc1cc(N)ccc1Oc1nc(C(F)(F)F)ccc1C#N. The summed E-state index contributed by atoms with van der Waals surface area (Å²) < 4.78 is 43.3. The first-order valence-corrected chi connectivity index (χ1v) is 5.83. The molecule has 2 N–H and O–H groups in total. The van der Waals surface area contributed by atoms with Crippen LogP contribution in [0.25, 0.3) is 0 Å². The van der Waals surface area contributed by atoms with Gasteiger partial charge in [0.2, 0.25) is 5.88 Å². The van der Waals surface area contributed by atoms with Crippen molar-refractivity contribution in [2.24, 2.45) is 0 Å². The number of nitrogens with zero attached hydrogens (tertiary/aromatic N) is 2. The number of hydrogen-bond donors (Lipinski definition) is 1. The van der Waals surface area contributed by atoms with Crippen LogP contribution in [0.4, 0.5) is 18.9 Å². The van der Waals surface area contributed by atoms with E-state index in [9.17, 15) is 13.2 Å². The molecule has 0 fully saturated rings. The van der Waals surface area contributed by atoms with Gasteiger partial charge >= 0.3 is 6.18 Å². The number of hydrogen-bond acceptors (Lipinski definition) is 4. The fourth-order valence-electron chi connectivity index (χ4n) is 1.65. The first kappa shape index (κ1) is 14.7. The smallest absolute Gasteiger partial charge is 0.433 e. The van der Waals surface area contributed by atoms with Gasteiger partial charge < -0.3 is 10.5 Å². The van der Waals surface area contributed by atoms with E-state index in [-0.39, 0.29) is 17.2 Å². The maximum absolute atomic E-state index is 12.7. The van der Waals surface area contributed by atoms with Crippen molar-refractivity contribution in [3.63, 3.8) is 0 Å². The molecule has 0 saturated carbocycles. The van der Waals surface area contributed by atoms with Gasteiger partial charge in [-0.2, -0.15) is 18.4 Å². The van der Waals surface area contributed by atoms with Gasteiger partial charge in [0.15, 0.2) is 0 Å². The quantitative estimate of drug-likeness (QED) is 0.858. The van der Waals surface area contributed by atoms with Crippen LogP contribution >= 0.6 is 0 Å². The van der Waals surface area contributed by atoms with E-state index in [2.05, 4.69) is 4.98 Å². The van der Waals surface area contributed by atoms with Crippen LogP contribution in [-0.4, -0.2) is 4.98 Å². The molecule has 0 spiro atoms. The molecule has 21 heavy (non-hydrogen) atoms. The number of aromatic nitrogens is 1. The lowest BCUT2D eigenvalue weighted by Crippen LogP contribution is -2.09.